The maximum absolute atomic E-state index is 11.0. The molecule has 0 bridgehead atoms. The predicted molar refractivity (Wildman–Crippen MR) is 61.9 cm³/mol. The third-order valence-electron chi connectivity index (χ3n) is 1.40. The van der Waals surface area contributed by atoms with Gasteiger partial charge in [-0.3, -0.25) is 0 Å². The number of benzene rings is 1. The van der Waals surface area contributed by atoms with E-state index >= 15 is 0 Å². The summed E-state index contributed by atoms with van der Waals surface area (Å²) < 4.78 is 22.4. The fourth-order valence-electron chi connectivity index (χ4n) is 0.786. The number of hydrogen-bond donors (Lipinski definition) is 0. The molecule has 0 aliphatic carbocycles. The van der Waals surface area contributed by atoms with Crippen LogP contribution in [0.15, 0.2) is 17.0 Å². The van der Waals surface area contributed by atoms with Crippen molar-refractivity contribution >= 4 is 53.9 Å². The maximum Gasteiger partial charge on any atom is 0.261 e. The lowest BCUT2D eigenvalue weighted by molar-refractivity contribution is 0.609. The summed E-state index contributed by atoms with van der Waals surface area (Å²) in [6, 6.07) is 4.24. The van der Waals surface area contributed by atoms with E-state index in [1.807, 2.05) is 28.7 Å². The van der Waals surface area contributed by atoms with Crippen LogP contribution in [0.3, 0.4) is 0 Å². The van der Waals surface area contributed by atoms with Gasteiger partial charge in [0.2, 0.25) is 0 Å². The van der Waals surface area contributed by atoms with Crippen LogP contribution in [0.25, 0.3) is 0 Å². The minimum atomic E-state index is -3.84. The Kier molecular flexibility index (Phi) is 3.63. The summed E-state index contributed by atoms with van der Waals surface area (Å²) in [4.78, 5) is -0.166. The smallest absolute Gasteiger partial charge is 0.207 e. The minimum Gasteiger partial charge on any atom is -0.207 e. The van der Waals surface area contributed by atoms with Crippen LogP contribution in [0.5, 0.6) is 0 Å². The summed E-state index contributed by atoms with van der Waals surface area (Å²) in [5.74, 6) is 0. The first kappa shape index (κ1) is 12.0. The summed E-state index contributed by atoms with van der Waals surface area (Å²) in [5.41, 5.74) is 0.192. The Hall–Kier alpha value is -0.0300. The van der Waals surface area contributed by atoms with Gasteiger partial charge in [0.05, 0.1) is 15.5 Å². The Morgan fingerprint density at radius 2 is 2.00 bits per heavy atom. The number of rotatable bonds is 1. The van der Waals surface area contributed by atoms with Crippen LogP contribution < -0.4 is 0 Å². The molecule has 0 heterocycles. The van der Waals surface area contributed by atoms with Crippen molar-refractivity contribution in [2.24, 2.45) is 0 Å². The highest BCUT2D eigenvalue weighted by Gasteiger charge is 2.15. The van der Waals surface area contributed by atoms with Gasteiger partial charge in [-0.05, 0) is 34.7 Å². The molecule has 74 valence electrons. The average molecular weight is 362 g/mol. The number of hydrogen-bond acceptors (Lipinski definition) is 3. The standard InChI is InChI=1S/C7H2Cl2INO2S/c8-6-2-5(14(9,12)13)1-4(3-11)7(6)10/h1-2H. The van der Waals surface area contributed by atoms with Crippen molar-refractivity contribution < 1.29 is 8.42 Å². The molecule has 1 aromatic carbocycles. The first-order valence-corrected chi connectivity index (χ1v) is 6.96. The molecule has 0 aliphatic heterocycles. The van der Waals surface area contributed by atoms with Crippen LogP contribution in [-0.4, -0.2) is 8.42 Å². The van der Waals surface area contributed by atoms with Gasteiger partial charge in [0.15, 0.2) is 0 Å². The lowest BCUT2D eigenvalue weighted by Crippen LogP contribution is -1.94. The van der Waals surface area contributed by atoms with Gasteiger partial charge < -0.3 is 0 Å². The van der Waals surface area contributed by atoms with E-state index in [4.69, 9.17) is 27.5 Å². The zero-order valence-electron chi connectivity index (χ0n) is 6.46. The SMILES string of the molecule is N#Cc1cc(S(=O)(=O)Cl)cc(Cl)c1I. The molecular weight excluding hydrogens is 360 g/mol. The molecule has 7 heteroatoms. The quantitative estimate of drug-likeness (QED) is 0.570. The summed E-state index contributed by atoms with van der Waals surface area (Å²) in [5, 5.41) is 8.88. The normalized spacial score (nSPS) is 11.0. The second-order valence-corrected chi connectivity index (χ2v) is 6.37. The summed E-state index contributed by atoms with van der Waals surface area (Å²) >= 11 is 7.58. The van der Waals surface area contributed by atoms with Crippen molar-refractivity contribution in [2.45, 2.75) is 4.90 Å². The third-order valence-corrected chi connectivity index (χ3v) is 4.52. The maximum atomic E-state index is 11.0. The Labute approximate surface area is 104 Å². The lowest BCUT2D eigenvalue weighted by atomic mass is 10.2. The molecular formula is C7H2Cl2INO2S. The molecule has 0 saturated carbocycles. The average Bonchev–Trinajstić information content (AvgIpc) is 2.07. The van der Waals surface area contributed by atoms with E-state index in [1.165, 1.54) is 12.1 Å². The van der Waals surface area contributed by atoms with E-state index in [2.05, 4.69) is 0 Å². The second-order valence-electron chi connectivity index (χ2n) is 2.32. The van der Waals surface area contributed by atoms with Gasteiger partial charge in [0.25, 0.3) is 9.05 Å². The van der Waals surface area contributed by atoms with Gasteiger partial charge >= 0.3 is 0 Å². The molecule has 0 radical (unpaired) electrons. The van der Waals surface area contributed by atoms with Crippen molar-refractivity contribution in [3.05, 3.63) is 26.3 Å². The number of nitrogens with zero attached hydrogens (tertiary/aromatic N) is 1. The van der Waals surface area contributed by atoms with Gasteiger partial charge in [0, 0.05) is 14.3 Å². The van der Waals surface area contributed by atoms with Crippen LogP contribution in [0.1, 0.15) is 5.56 Å². The minimum absolute atomic E-state index is 0.166. The Morgan fingerprint density at radius 3 is 2.43 bits per heavy atom. The van der Waals surface area contributed by atoms with Crippen molar-refractivity contribution in [3.63, 3.8) is 0 Å². The van der Waals surface area contributed by atoms with Gasteiger partial charge in [-0.1, -0.05) is 11.6 Å². The topological polar surface area (TPSA) is 57.9 Å². The lowest BCUT2D eigenvalue weighted by Gasteiger charge is -2.01. The van der Waals surface area contributed by atoms with Crippen LogP contribution in [0.2, 0.25) is 5.02 Å². The van der Waals surface area contributed by atoms with E-state index < -0.39 is 9.05 Å². The van der Waals surface area contributed by atoms with Crippen LogP contribution in [-0.2, 0) is 9.05 Å². The molecule has 0 unspecified atom stereocenters. The van der Waals surface area contributed by atoms with Gasteiger partial charge in [-0.25, -0.2) is 8.42 Å². The highest BCUT2D eigenvalue weighted by Crippen LogP contribution is 2.27. The van der Waals surface area contributed by atoms with E-state index in [9.17, 15) is 8.42 Å². The number of nitriles is 1. The molecule has 0 aromatic heterocycles. The summed E-state index contributed by atoms with van der Waals surface area (Å²) in [6.07, 6.45) is 0. The van der Waals surface area contributed by atoms with E-state index in [-0.39, 0.29) is 15.5 Å². The van der Waals surface area contributed by atoms with Gasteiger partial charge in [-0.15, -0.1) is 0 Å². The molecule has 1 rings (SSSR count). The first-order valence-electron chi connectivity index (χ1n) is 3.20. The van der Waals surface area contributed by atoms with Crippen LogP contribution in [0, 0.1) is 14.9 Å². The third kappa shape index (κ3) is 2.51. The molecule has 0 amide bonds. The zero-order chi connectivity index (χ0) is 10.9. The molecule has 14 heavy (non-hydrogen) atoms. The van der Waals surface area contributed by atoms with Gasteiger partial charge in [-0.2, -0.15) is 5.26 Å². The molecule has 0 N–H and O–H groups in total. The molecule has 0 aliphatic rings. The van der Waals surface area contributed by atoms with Crippen molar-refractivity contribution in [3.8, 4) is 6.07 Å². The van der Waals surface area contributed by atoms with Crippen molar-refractivity contribution in [1.82, 2.24) is 0 Å². The molecule has 0 atom stereocenters. The molecule has 0 spiro atoms. The first-order chi connectivity index (χ1) is 6.36. The van der Waals surface area contributed by atoms with E-state index in [1.54, 1.807) is 0 Å². The van der Waals surface area contributed by atoms with Crippen molar-refractivity contribution in [1.29, 1.82) is 5.26 Å². The Morgan fingerprint density at radius 1 is 1.43 bits per heavy atom. The molecule has 0 fully saturated rings. The van der Waals surface area contributed by atoms with Crippen LogP contribution >= 0.6 is 44.9 Å². The van der Waals surface area contributed by atoms with Crippen molar-refractivity contribution in [2.75, 3.05) is 0 Å². The second kappa shape index (κ2) is 4.23. The van der Waals surface area contributed by atoms with Crippen LogP contribution in [0.4, 0.5) is 0 Å². The number of halogens is 3. The zero-order valence-corrected chi connectivity index (χ0v) is 10.9. The molecule has 3 nitrogen and oxygen atoms in total. The van der Waals surface area contributed by atoms with E-state index in [0.29, 0.717) is 3.57 Å². The monoisotopic (exact) mass is 361 g/mol. The highest BCUT2D eigenvalue weighted by molar-refractivity contribution is 14.1. The molecule has 0 saturated heterocycles. The molecule has 1 aromatic rings. The highest BCUT2D eigenvalue weighted by atomic mass is 127. The predicted octanol–water partition coefficient (Wildman–Crippen LogP) is 2.74. The largest absolute Gasteiger partial charge is 0.261 e. The Bertz CT molecular complexity index is 521. The summed E-state index contributed by atoms with van der Waals surface area (Å²) in [7, 11) is 1.27. The van der Waals surface area contributed by atoms with E-state index in [0.717, 1.165) is 0 Å². The Balaban J connectivity index is 3.56. The van der Waals surface area contributed by atoms with Gasteiger partial charge in [0.1, 0.15) is 6.07 Å². The fourth-order valence-corrected chi connectivity index (χ4v) is 2.29. The summed E-state index contributed by atoms with van der Waals surface area (Å²) in [6.45, 7) is 0. The fraction of sp³-hybridized carbons (Fsp3) is 0.